The Balaban J connectivity index is 2.24. The summed E-state index contributed by atoms with van der Waals surface area (Å²) in [5, 5.41) is 3.65. The second-order valence-corrected chi connectivity index (χ2v) is 4.82. The molecule has 1 aliphatic heterocycles. The van der Waals surface area contributed by atoms with Crippen LogP contribution < -0.4 is 5.32 Å². The fourth-order valence-electron chi connectivity index (χ4n) is 2.30. The van der Waals surface area contributed by atoms with Crippen molar-refractivity contribution < 1.29 is 8.78 Å². The maximum atomic E-state index is 13.9. The van der Waals surface area contributed by atoms with Crippen LogP contribution in [0.2, 0.25) is 5.02 Å². The van der Waals surface area contributed by atoms with Crippen molar-refractivity contribution in [3.63, 3.8) is 0 Å². The van der Waals surface area contributed by atoms with E-state index in [0.29, 0.717) is 10.9 Å². The molecule has 5 heteroatoms. The van der Waals surface area contributed by atoms with Crippen molar-refractivity contribution in [2.75, 3.05) is 6.54 Å². The molecule has 0 unspecified atom stereocenters. The highest BCUT2D eigenvalue weighted by Crippen LogP contribution is 2.31. The summed E-state index contributed by atoms with van der Waals surface area (Å²) in [6, 6.07) is 3.66. The number of aromatic nitrogens is 1. The lowest BCUT2D eigenvalue weighted by Gasteiger charge is -2.37. The van der Waals surface area contributed by atoms with Gasteiger partial charge in [-0.05, 0) is 19.1 Å². The molecule has 1 saturated heterocycles. The summed E-state index contributed by atoms with van der Waals surface area (Å²) in [4.78, 5) is 0. The fraction of sp³-hybridized carbons (Fsp3) is 0.333. The molecule has 0 bridgehead atoms. The Kier molecular flexibility index (Phi) is 2.38. The Morgan fingerprint density at radius 1 is 1.41 bits per heavy atom. The van der Waals surface area contributed by atoms with E-state index in [-0.39, 0.29) is 17.1 Å². The zero-order valence-corrected chi connectivity index (χ0v) is 9.93. The van der Waals surface area contributed by atoms with Gasteiger partial charge in [-0.3, -0.25) is 0 Å². The second kappa shape index (κ2) is 3.68. The molecule has 17 heavy (non-hydrogen) atoms. The van der Waals surface area contributed by atoms with E-state index in [1.54, 1.807) is 16.8 Å². The summed E-state index contributed by atoms with van der Waals surface area (Å²) in [6.07, 6.45) is 1.78. The van der Waals surface area contributed by atoms with Crippen LogP contribution in [0.4, 0.5) is 8.78 Å². The number of halogens is 3. The first-order valence-electron chi connectivity index (χ1n) is 5.47. The quantitative estimate of drug-likeness (QED) is 0.776. The van der Waals surface area contributed by atoms with Gasteiger partial charge in [0, 0.05) is 24.2 Å². The van der Waals surface area contributed by atoms with Crippen molar-refractivity contribution in [3.8, 4) is 0 Å². The molecule has 0 aliphatic carbocycles. The Bertz CT molecular complexity index is 594. The highest BCUT2D eigenvalue weighted by Gasteiger charge is 2.29. The standard InChI is InChI=1S/C12H11ClF2N2/c1-6-9(5-16-6)17-3-2-7-4-8(13)10(14)11(15)12(7)17/h2-4,6,9,16H,5H2,1H3/t6-,9-/m1/s1. The lowest BCUT2D eigenvalue weighted by Crippen LogP contribution is -2.51. The maximum Gasteiger partial charge on any atom is 0.184 e. The van der Waals surface area contributed by atoms with Gasteiger partial charge in [-0.25, -0.2) is 8.78 Å². The van der Waals surface area contributed by atoms with E-state index in [1.165, 1.54) is 6.07 Å². The molecule has 90 valence electrons. The predicted molar refractivity (Wildman–Crippen MR) is 63.4 cm³/mol. The molecule has 0 amide bonds. The molecule has 1 aromatic heterocycles. The van der Waals surface area contributed by atoms with Gasteiger partial charge in [0.15, 0.2) is 11.6 Å². The summed E-state index contributed by atoms with van der Waals surface area (Å²) >= 11 is 5.62. The second-order valence-electron chi connectivity index (χ2n) is 4.41. The van der Waals surface area contributed by atoms with E-state index in [1.807, 2.05) is 6.92 Å². The minimum absolute atomic E-state index is 0.169. The molecule has 3 rings (SSSR count). The van der Waals surface area contributed by atoms with Crippen molar-refractivity contribution in [3.05, 3.63) is 35.0 Å². The van der Waals surface area contributed by atoms with Gasteiger partial charge < -0.3 is 9.88 Å². The Morgan fingerprint density at radius 2 is 2.18 bits per heavy atom. The van der Waals surface area contributed by atoms with Crippen LogP contribution >= 0.6 is 11.6 Å². The van der Waals surface area contributed by atoms with Crippen molar-refractivity contribution in [1.82, 2.24) is 9.88 Å². The summed E-state index contributed by atoms with van der Waals surface area (Å²) in [5.41, 5.74) is 0.297. The number of nitrogens with zero attached hydrogens (tertiary/aromatic N) is 1. The third-order valence-electron chi connectivity index (χ3n) is 3.42. The molecule has 1 aliphatic rings. The summed E-state index contributed by atoms with van der Waals surface area (Å²) in [6.45, 7) is 2.79. The monoisotopic (exact) mass is 256 g/mol. The van der Waals surface area contributed by atoms with E-state index in [0.717, 1.165) is 6.54 Å². The van der Waals surface area contributed by atoms with Gasteiger partial charge in [0.05, 0.1) is 16.6 Å². The Hall–Kier alpha value is -1.13. The first-order chi connectivity index (χ1) is 8.09. The molecule has 0 spiro atoms. The zero-order chi connectivity index (χ0) is 12.2. The third-order valence-corrected chi connectivity index (χ3v) is 3.70. The molecule has 1 N–H and O–H groups in total. The van der Waals surface area contributed by atoms with Crippen LogP contribution in [0.25, 0.3) is 10.9 Å². The van der Waals surface area contributed by atoms with Crippen LogP contribution in [0.15, 0.2) is 18.3 Å². The summed E-state index contributed by atoms with van der Waals surface area (Å²) < 4.78 is 29.1. The first-order valence-corrected chi connectivity index (χ1v) is 5.85. The molecule has 0 radical (unpaired) electrons. The van der Waals surface area contributed by atoms with Crippen LogP contribution in [0.1, 0.15) is 13.0 Å². The molecule has 0 saturated carbocycles. The summed E-state index contributed by atoms with van der Waals surface area (Å²) in [5.74, 6) is -1.84. The number of benzene rings is 1. The first kappa shape index (κ1) is 11.0. The van der Waals surface area contributed by atoms with Crippen LogP contribution in [0, 0.1) is 11.6 Å². The minimum Gasteiger partial charge on any atom is -0.339 e. The lowest BCUT2D eigenvalue weighted by atomic mass is 10.0. The van der Waals surface area contributed by atoms with Crippen LogP contribution in [0.5, 0.6) is 0 Å². The number of hydrogen-bond donors (Lipinski definition) is 1. The van der Waals surface area contributed by atoms with Gasteiger partial charge in [0.1, 0.15) is 0 Å². The number of rotatable bonds is 1. The number of nitrogens with one attached hydrogen (secondary N) is 1. The fourth-order valence-corrected chi connectivity index (χ4v) is 2.50. The van der Waals surface area contributed by atoms with Crippen molar-refractivity contribution in [2.45, 2.75) is 19.0 Å². The smallest absolute Gasteiger partial charge is 0.184 e. The van der Waals surface area contributed by atoms with E-state index >= 15 is 0 Å². The molecule has 2 nitrogen and oxygen atoms in total. The molecular formula is C12H11ClF2N2. The average Bonchev–Trinajstić information content (AvgIpc) is 2.68. The maximum absolute atomic E-state index is 13.9. The lowest BCUT2D eigenvalue weighted by molar-refractivity contribution is 0.257. The van der Waals surface area contributed by atoms with Gasteiger partial charge in [-0.2, -0.15) is 0 Å². The van der Waals surface area contributed by atoms with E-state index < -0.39 is 11.6 Å². The average molecular weight is 257 g/mol. The normalized spacial score (nSPS) is 24.0. The van der Waals surface area contributed by atoms with Crippen molar-refractivity contribution >= 4 is 22.5 Å². The molecule has 1 fully saturated rings. The predicted octanol–water partition coefficient (Wildman–Crippen LogP) is 3.11. The highest BCUT2D eigenvalue weighted by molar-refractivity contribution is 6.31. The topological polar surface area (TPSA) is 17.0 Å². The van der Waals surface area contributed by atoms with E-state index in [2.05, 4.69) is 5.32 Å². The molecule has 1 aromatic carbocycles. The van der Waals surface area contributed by atoms with Gasteiger partial charge in [0.2, 0.25) is 0 Å². The largest absolute Gasteiger partial charge is 0.339 e. The SMILES string of the molecule is C[C@H]1NC[C@H]1n1ccc2cc(Cl)c(F)c(F)c21. The molecular weight excluding hydrogens is 246 g/mol. The minimum atomic E-state index is -0.973. The Labute approximate surface area is 102 Å². The van der Waals surface area contributed by atoms with Crippen LogP contribution in [-0.4, -0.2) is 17.2 Å². The molecule has 2 aromatic rings. The molecule has 2 heterocycles. The molecule has 2 atom stereocenters. The van der Waals surface area contributed by atoms with Crippen molar-refractivity contribution in [2.24, 2.45) is 0 Å². The Morgan fingerprint density at radius 3 is 2.76 bits per heavy atom. The summed E-state index contributed by atoms with van der Waals surface area (Å²) in [7, 11) is 0. The van der Waals surface area contributed by atoms with E-state index in [4.69, 9.17) is 11.6 Å². The van der Waals surface area contributed by atoms with Crippen LogP contribution in [-0.2, 0) is 0 Å². The van der Waals surface area contributed by atoms with Crippen molar-refractivity contribution in [1.29, 1.82) is 0 Å². The van der Waals surface area contributed by atoms with Gasteiger partial charge in [0.25, 0.3) is 0 Å². The van der Waals surface area contributed by atoms with Gasteiger partial charge in [-0.1, -0.05) is 11.6 Å². The van der Waals surface area contributed by atoms with Gasteiger partial charge >= 0.3 is 0 Å². The number of fused-ring (bicyclic) bond motifs is 1. The third kappa shape index (κ3) is 1.47. The number of hydrogen-bond acceptors (Lipinski definition) is 1. The zero-order valence-electron chi connectivity index (χ0n) is 9.17. The van der Waals surface area contributed by atoms with Gasteiger partial charge in [-0.15, -0.1) is 0 Å². The van der Waals surface area contributed by atoms with Crippen LogP contribution in [0.3, 0.4) is 0 Å². The highest BCUT2D eigenvalue weighted by atomic mass is 35.5. The van der Waals surface area contributed by atoms with E-state index in [9.17, 15) is 8.78 Å².